The van der Waals surface area contributed by atoms with Gasteiger partial charge < -0.3 is 9.30 Å². The van der Waals surface area contributed by atoms with Gasteiger partial charge >= 0.3 is 0 Å². The summed E-state index contributed by atoms with van der Waals surface area (Å²) >= 11 is 0. The van der Waals surface area contributed by atoms with E-state index in [-0.39, 0.29) is 0 Å². The molecule has 0 saturated carbocycles. The van der Waals surface area contributed by atoms with Crippen LogP contribution in [0.3, 0.4) is 0 Å². The minimum absolute atomic E-state index is 0.696. The molecule has 0 amide bonds. The minimum Gasteiger partial charge on any atom is -0.468 e. The molecule has 0 aromatic carbocycles. The van der Waals surface area contributed by atoms with Gasteiger partial charge in [-0.2, -0.15) is 0 Å². The van der Waals surface area contributed by atoms with Gasteiger partial charge in [0.1, 0.15) is 0 Å². The second-order valence-electron chi connectivity index (χ2n) is 2.11. The molecule has 0 aliphatic heterocycles. The maximum Gasteiger partial charge on any atom is 0.295 e. The van der Waals surface area contributed by atoms with Gasteiger partial charge in [-0.3, -0.25) is 0 Å². The first-order valence-corrected chi connectivity index (χ1v) is 3.43. The minimum atomic E-state index is 0.696. The van der Waals surface area contributed by atoms with Crippen LogP contribution in [-0.2, 0) is 6.54 Å². The Morgan fingerprint density at radius 3 is 3.10 bits per heavy atom. The van der Waals surface area contributed by atoms with Crippen molar-refractivity contribution < 1.29 is 4.74 Å². The third kappa shape index (κ3) is 1.29. The van der Waals surface area contributed by atoms with Crippen LogP contribution in [0, 0.1) is 0 Å². The molecule has 1 aromatic rings. The van der Waals surface area contributed by atoms with Gasteiger partial charge in [0.2, 0.25) is 0 Å². The Bertz CT molecular complexity index is 195. The number of imidazole rings is 1. The molecule has 0 fully saturated rings. The van der Waals surface area contributed by atoms with E-state index in [4.69, 9.17) is 4.74 Å². The smallest absolute Gasteiger partial charge is 0.295 e. The molecule has 0 spiro atoms. The van der Waals surface area contributed by atoms with Crippen LogP contribution in [0.5, 0.6) is 6.01 Å². The second-order valence-corrected chi connectivity index (χ2v) is 2.11. The van der Waals surface area contributed by atoms with Crippen LogP contribution >= 0.6 is 0 Å². The second kappa shape index (κ2) is 3.25. The third-order valence-corrected chi connectivity index (χ3v) is 1.32. The van der Waals surface area contributed by atoms with Crippen LogP contribution < -0.4 is 4.74 Å². The lowest BCUT2D eigenvalue weighted by Gasteiger charge is -2.02. The van der Waals surface area contributed by atoms with Gasteiger partial charge in [-0.1, -0.05) is 6.92 Å². The molecule has 0 N–H and O–H groups in total. The molecular weight excluding hydrogens is 128 g/mol. The zero-order valence-electron chi connectivity index (χ0n) is 6.37. The summed E-state index contributed by atoms with van der Waals surface area (Å²) in [5, 5.41) is 0. The molecule has 0 bridgehead atoms. The first-order chi connectivity index (χ1) is 4.88. The molecule has 10 heavy (non-hydrogen) atoms. The van der Waals surface area contributed by atoms with Crippen molar-refractivity contribution in [2.75, 3.05) is 7.11 Å². The summed E-state index contributed by atoms with van der Waals surface area (Å²) < 4.78 is 6.98. The van der Waals surface area contributed by atoms with Crippen molar-refractivity contribution in [1.82, 2.24) is 9.55 Å². The van der Waals surface area contributed by atoms with E-state index >= 15 is 0 Å². The van der Waals surface area contributed by atoms with Crippen molar-refractivity contribution in [2.24, 2.45) is 0 Å². The monoisotopic (exact) mass is 140 g/mol. The molecule has 0 saturated heterocycles. The summed E-state index contributed by atoms with van der Waals surface area (Å²) in [7, 11) is 1.63. The summed E-state index contributed by atoms with van der Waals surface area (Å²) in [6.07, 6.45) is 4.77. The first kappa shape index (κ1) is 7.12. The van der Waals surface area contributed by atoms with E-state index in [9.17, 15) is 0 Å². The maximum absolute atomic E-state index is 4.99. The van der Waals surface area contributed by atoms with Crippen LogP contribution in [0.2, 0.25) is 0 Å². The van der Waals surface area contributed by atoms with Crippen LogP contribution in [0.15, 0.2) is 12.4 Å². The van der Waals surface area contributed by atoms with Gasteiger partial charge in [-0.25, -0.2) is 4.98 Å². The van der Waals surface area contributed by atoms with Crippen LogP contribution in [0.1, 0.15) is 13.3 Å². The average Bonchev–Trinajstić information content (AvgIpc) is 2.36. The summed E-state index contributed by atoms with van der Waals surface area (Å²) in [5.74, 6) is 0. The van der Waals surface area contributed by atoms with Gasteiger partial charge in [0.25, 0.3) is 6.01 Å². The van der Waals surface area contributed by atoms with Crippen molar-refractivity contribution in [2.45, 2.75) is 19.9 Å². The van der Waals surface area contributed by atoms with Crippen LogP contribution in [0.4, 0.5) is 0 Å². The maximum atomic E-state index is 4.99. The first-order valence-electron chi connectivity index (χ1n) is 3.43. The highest BCUT2D eigenvalue weighted by atomic mass is 16.5. The Labute approximate surface area is 60.6 Å². The van der Waals surface area contributed by atoms with E-state index < -0.39 is 0 Å². The number of rotatable bonds is 3. The summed E-state index contributed by atoms with van der Waals surface area (Å²) in [6.45, 7) is 3.10. The Morgan fingerprint density at radius 2 is 2.50 bits per heavy atom. The van der Waals surface area contributed by atoms with Crippen molar-refractivity contribution in [3.05, 3.63) is 12.4 Å². The van der Waals surface area contributed by atoms with E-state index in [0.29, 0.717) is 6.01 Å². The molecule has 0 unspecified atom stereocenters. The third-order valence-electron chi connectivity index (χ3n) is 1.32. The van der Waals surface area contributed by atoms with Crippen LogP contribution in [-0.4, -0.2) is 16.7 Å². The average molecular weight is 140 g/mol. The molecule has 0 atom stereocenters. The van der Waals surface area contributed by atoms with E-state index in [1.165, 1.54) is 0 Å². The highest BCUT2D eigenvalue weighted by Crippen LogP contribution is 2.06. The molecule has 3 heteroatoms. The van der Waals surface area contributed by atoms with E-state index in [1.807, 2.05) is 10.8 Å². The number of aromatic nitrogens is 2. The zero-order valence-corrected chi connectivity index (χ0v) is 6.37. The normalized spacial score (nSPS) is 9.80. The van der Waals surface area contributed by atoms with Crippen molar-refractivity contribution in [1.29, 1.82) is 0 Å². The lowest BCUT2D eigenvalue weighted by Crippen LogP contribution is -1.98. The quantitative estimate of drug-likeness (QED) is 0.632. The topological polar surface area (TPSA) is 27.1 Å². The molecule has 0 radical (unpaired) electrons. The molecule has 0 aliphatic rings. The summed E-state index contributed by atoms with van der Waals surface area (Å²) in [6, 6.07) is 0.696. The Morgan fingerprint density at radius 1 is 1.70 bits per heavy atom. The van der Waals surface area contributed by atoms with Crippen molar-refractivity contribution >= 4 is 0 Å². The summed E-state index contributed by atoms with van der Waals surface area (Å²) in [4.78, 5) is 3.99. The predicted octanol–water partition coefficient (Wildman–Crippen LogP) is 1.30. The Hall–Kier alpha value is -0.990. The number of nitrogens with zero attached hydrogens (tertiary/aromatic N) is 2. The van der Waals surface area contributed by atoms with E-state index in [1.54, 1.807) is 13.3 Å². The molecule has 1 aromatic heterocycles. The van der Waals surface area contributed by atoms with Gasteiger partial charge in [0, 0.05) is 18.9 Å². The molecule has 1 heterocycles. The Kier molecular flexibility index (Phi) is 2.31. The fourth-order valence-electron chi connectivity index (χ4n) is 0.897. The van der Waals surface area contributed by atoms with Gasteiger partial charge in [-0.15, -0.1) is 0 Å². The zero-order chi connectivity index (χ0) is 7.40. The molecule has 56 valence electrons. The van der Waals surface area contributed by atoms with Crippen LogP contribution in [0.25, 0.3) is 0 Å². The number of ether oxygens (including phenoxy) is 1. The lowest BCUT2D eigenvalue weighted by atomic mass is 10.5. The van der Waals surface area contributed by atoms with Gasteiger partial charge in [0.15, 0.2) is 0 Å². The Balaban J connectivity index is 2.70. The van der Waals surface area contributed by atoms with Crippen molar-refractivity contribution in [3.63, 3.8) is 0 Å². The fraction of sp³-hybridized carbons (Fsp3) is 0.571. The van der Waals surface area contributed by atoms with E-state index in [0.717, 1.165) is 13.0 Å². The number of hydrogen-bond donors (Lipinski definition) is 0. The van der Waals surface area contributed by atoms with E-state index in [2.05, 4.69) is 11.9 Å². The number of aryl methyl sites for hydroxylation is 1. The standard InChI is InChI=1S/C7H12N2O/c1-3-5-9-6-4-8-7(9)10-2/h4,6H,3,5H2,1-2H3. The number of methoxy groups -OCH3 is 1. The summed E-state index contributed by atoms with van der Waals surface area (Å²) in [5.41, 5.74) is 0. The van der Waals surface area contributed by atoms with Gasteiger partial charge in [0.05, 0.1) is 7.11 Å². The van der Waals surface area contributed by atoms with Gasteiger partial charge in [-0.05, 0) is 6.42 Å². The molecular formula is C7H12N2O. The molecule has 0 aliphatic carbocycles. The largest absolute Gasteiger partial charge is 0.468 e. The predicted molar refractivity (Wildman–Crippen MR) is 39.1 cm³/mol. The highest BCUT2D eigenvalue weighted by Gasteiger charge is 1.97. The van der Waals surface area contributed by atoms with Crippen molar-refractivity contribution in [3.8, 4) is 6.01 Å². The lowest BCUT2D eigenvalue weighted by molar-refractivity contribution is 0.356. The molecule has 3 nitrogen and oxygen atoms in total. The highest BCUT2D eigenvalue weighted by molar-refractivity contribution is 4.97. The number of hydrogen-bond acceptors (Lipinski definition) is 2. The molecule has 1 rings (SSSR count). The fourth-order valence-corrected chi connectivity index (χ4v) is 0.897. The SMILES string of the molecule is CCCn1ccnc1OC.